The van der Waals surface area contributed by atoms with Gasteiger partial charge < -0.3 is 0 Å². The number of hydrogen-bond acceptors (Lipinski definition) is 4. The number of amides is 1. The normalized spacial score (nSPS) is 11.3. The first-order valence-corrected chi connectivity index (χ1v) is 9.27. The number of benzene rings is 2. The lowest BCUT2D eigenvalue weighted by molar-refractivity contribution is -0.119. The van der Waals surface area contributed by atoms with Crippen LogP contribution in [0.2, 0.25) is 5.02 Å². The second-order valence-corrected chi connectivity index (χ2v) is 7.64. The number of hydrazine groups is 1. The van der Waals surface area contributed by atoms with Crippen molar-refractivity contribution < 1.29 is 22.0 Å². The molecule has 0 radical (unpaired) electrons. The van der Waals surface area contributed by atoms with E-state index in [1.807, 2.05) is 10.3 Å². The Morgan fingerprint density at radius 3 is 2.38 bits per heavy atom. The lowest BCUT2D eigenvalue weighted by atomic mass is 10.3. The predicted octanol–water partition coefficient (Wildman–Crippen LogP) is 2.72. The van der Waals surface area contributed by atoms with E-state index < -0.39 is 32.5 Å². The fourth-order valence-corrected chi connectivity index (χ4v) is 3.24. The number of hydrogen-bond donors (Lipinski definition) is 2. The second-order valence-electron chi connectivity index (χ2n) is 4.47. The molecular formula is C14H11ClF2N2O3S2. The minimum Gasteiger partial charge on any atom is -0.277 e. The van der Waals surface area contributed by atoms with E-state index in [0.29, 0.717) is 17.2 Å². The van der Waals surface area contributed by atoms with Gasteiger partial charge in [0.1, 0.15) is 0 Å². The average Bonchev–Trinajstić information content (AvgIpc) is 2.55. The highest BCUT2D eigenvalue weighted by atomic mass is 35.5. The smallest absolute Gasteiger partial charge is 0.257 e. The molecule has 10 heteroatoms. The van der Waals surface area contributed by atoms with Crippen LogP contribution >= 0.6 is 23.4 Å². The summed E-state index contributed by atoms with van der Waals surface area (Å²) in [4.78, 5) is 13.7. The Morgan fingerprint density at radius 1 is 1.08 bits per heavy atom. The molecule has 0 unspecified atom stereocenters. The predicted molar refractivity (Wildman–Crippen MR) is 87.0 cm³/mol. The molecule has 2 aromatic rings. The van der Waals surface area contributed by atoms with E-state index in [9.17, 15) is 22.0 Å². The Hall–Kier alpha value is -1.68. The van der Waals surface area contributed by atoms with E-state index in [0.717, 1.165) is 11.0 Å². The maximum absolute atomic E-state index is 13.1. The van der Waals surface area contributed by atoms with Gasteiger partial charge in [-0.25, -0.2) is 17.2 Å². The molecule has 24 heavy (non-hydrogen) atoms. The van der Waals surface area contributed by atoms with Gasteiger partial charge in [0.2, 0.25) is 5.91 Å². The quantitative estimate of drug-likeness (QED) is 0.585. The summed E-state index contributed by atoms with van der Waals surface area (Å²) in [6.07, 6.45) is 0. The molecule has 0 heterocycles. The highest BCUT2D eigenvalue weighted by molar-refractivity contribution is 8.00. The topological polar surface area (TPSA) is 75.3 Å². The van der Waals surface area contributed by atoms with Gasteiger partial charge in [-0.1, -0.05) is 11.6 Å². The van der Waals surface area contributed by atoms with Crippen LogP contribution in [0.5, 0.6) is 0 Å². The Balaban J connectivity index is 1.90. The molecule has 0 saturated carbocycles. The standard InChI is InChI=1S/C14H11ClF2N2O3S2/c15-9-1-3-10(4-2-9)23-8-14(20)18-19-24(21,22)11-5-6-12(16)13(17)7-11/h1-7,19H,8H2,(H,18,20). The highest BCUT2D eigenvalue weighted by Crippen LogP contribution is 2.20. The molecule has 2 aromatic carbocycles. The van der Waals surface area contributed by atoms with E-state index in [1.54, 1.807) is 24.3 Å². The van der Waals surface area contributed by atoms with Crippen molar-refractivity contribution in [1.82, 2.24) is 10.3 Å². The number of carbonyl (C=O) groups excluding carboxylic acids is 1. The third kappa shape index (κ3) is 5.17. The van der Waals surface area contributed by atoms with Crippen LogP contribution in [-0.4, -0.2) is 20.1 Å². The maximum atomic E-state index is 13.1. The van der Waals surface area contributed by atoms with Crippen LogP contribution in [0.25, 0.3) is 0 Å². The van der Waals surface area contributed by atoms with E-state index in [-0.39, 0.29) is 5.75 Å². The van der Waals surface area contributed by atoms with Gasteiger partial charge in [0.15, 0.2) is 11.6 Å². The fourth-order valence-electron chi connectivity index (χ4n) is 1.54. The Bertz CT molecular complexity index is 846. The summed E-state index contributed by atoms with van der Waals surface area (Å²) in [6, 6.07) is 8.84. The van der Waals surface area contributed by atoms with Crippen molar-refractivity contribution in [2.45, 2.75) is 9.79 Å². The van der Waals surface area contributed by atoms with E-state index >= 15 is 0 Å². The van der Waals surface area contributed by atoms with Crippen LogP contribution in [0.4, 0.5) is 8.78 Å². The van der Waals surface area contributed by atoms with Gasteiger partial charge in [0, 0.05) is 9.92 Å². The number of sulfonamides is 1. The van der Waals surface area contributed by atoms with Crippen LogP contribution in [0, 0.1) is 11.6 Å². The van der Waals surface area contributed by atoms with Crippen LogP contribution in [0.3, 0.4) is 0 Å². The highest BCUT2D eigenvalue weighted by Gasteiger charge is 2.17. The van der Waals surface area contributed by atoms with Crippen molar-refractivity contribution in [3.05, 3.63) is 59.1 Å². The van der Waals surface area contributed by atoms with Crippen LogP contribution < -0.4 is 10.3 Å². The van der Waals surface area contributed by atoms with Crippen molar-refractivity contribution in [2.75, 3.05) is 5.75 Å². The Kier molecular flexibility index (Phi) is 6.16. The summed E-state index contributed by atoms with van der Waals surface area (Å²) in [5.74, 6) is -3.14. The molecule has 5 nitrogen and oxygen atoms in total. The minimum atomic E-state index is -4.20. The summed E-state index contributed by atoms with van der Waals surface area (Å²) in [5.41, 5.74) is 2.00. The van der Waals surface area contributed by atoms with Gasteiger partial charge in [-0.3, -0.25) is 10.2 Å². The van der Waals surface area contributed by atoms with Gasteiger partial charge in [0.25, 0.3) is 10.0 Å². The van der Waals surface area contributed by atoms with E-state index in [4.69, 9.17) is 11.6 Å². The molecule has 1 amide bonds. The molecule has 128 valence electrons. The van der Waals surface area contributed by atoms with Crippen LogP contribution in [-0.2, 0) is 14.8 Å². The van der Waals surface area contributed by atoms with E-state index in [2.05, 4.69) is 0 Å². The van der Waals surface area contributed by atoms with Gasteiger partial charge >= 0.3 is 0 Å². The van der Waals surface area contributed by atoms with Gasteiger partial charge in [-0.15, -0.1) is 16.6 Å². The zero-order chi connectivity index (χ0) is 17.7. The molecule has 2 rings (SSSR count). The zero-order valence-electron chi connectivity index (χ0n) is 11.9. The van der Waals surface area contributed by atoms with Crippen molar-refractivity contribution in [3.8, 4) is 0 Å². The van der Waals surface area contributed by atoms with Crippen LogP contribution in [0.15, 0.2) is 52.3 Å². The maximum Gasteiger partial charge on any atom is 0.257 e. The van der Waals surface area contributed by atoms with Crippen LogP contribution in [0.1, 0.15) is 0 Å². The SMILES string of the molecule is O=C(CSc1ccc(Cl)cc1)NNS(=O)(=O)c1ccc(F)c(F)c1. The number of carbonyl (C=O) groups is 1. The summed E-state index contributed by atoms with van der Waals surface area (Å²) < 4.78 is 49.6. The molecule has 0 aliphatic carbocycles. The number of thioether (sulfide) groups is 1. The van der Waals surface area contributed by atoms with Gasteiger partial charge in [0.05, 0.1) is 10.6 Å². The molecule has 0 atom stereocenters. The molecule has 0 spiro atoms. The first-order valence-electron chi connectivity index (χ1n) is 6.42. The molecular weight excluding hydrogens is 382 g/mol. The zero-order valence-corrected chi connectivity index (χ0v) is 14.3. The second kappa shape index (κ2) is 7.93. The first-order chi connectivity index (χ1) is 11.3. The Morgan fingerprint density at radius 2 is 1.75 bits per heavy atom. The molecule has 0 bridgehead atoms. The van der Waals surface area contributed by atoms with Crippen molar-refractivity contribution in [1.29, 1.82) is 0 Å². The molecule has 0 aliphatic heterocycles. The lowest BCUT2D eigenvalue weighted by Gasteiger charge is -2.08. The molecule has 2 N–H and O–H groups in total. The van der Waals surface area contributed by atoms with E-state index in [1.165, 1.54) is 11.8 Å². The number of nitrogens with one attached hydrogen (secondary N) is 2. The lowest BCUT2D eigenvalue weighted by Crippen LogP contribution is -2.42. The summed E-state index contributed by atoms with van der Waals surface area (Å²) in [7, 11) is -4.20. The summed E-state index contributed by atoms with van der Waals surface area (Å²) in [6.45, 7) is 0. The molecule has 0 aromatic heterocycles. The average molecular weight is 393 g/mol. The summed E-state index contributed by atoms with van der Waals surface area (Å²) >= 11 is 6.91. The number of halogens is 3. The monoisotopic (exact) mass is 392 g/mol. The molecule has 0 saturated heterocycles. The fraction of sp³-hybridized carbons (Fsp3) is 0.0714. The Labute approximate surface area is 146 Å². The number of rotatable bonds is 6. The third-order valence-electron chi connectivity index (χ3n) is 2.71. The molecule has 0 fully saturated rings. The van der Waals surface area contributed by atoms with Crippen molar-refractivity contribution in [3.63, 3.8) is 0 Å². The van der Waals surface area contributed by atoms with Gasteiger partial charge in [-0.05, 0) is 42.5 Å². The summed E-state index contributed by atoms with van der Waals surface area (Å²) in [5, 5.41) is 0.558. The van der Waals surface area contributed by atoms with Crippen molar-refractivity contribution in [2.24, 2.45) is 0 Å². The van der Waals surface area contributed by atoms with Gasteiger partial charge in [-0.2, -0.15) is 0 Å². The van der Waals surface area contributed by atoms with Crippen molar-refractivity contribution >= 4 is 39.3 Å². The minimum absolute atomic E-state index is 0.0536. The third-order valence-corrected chi connectivity index (χ3v) is 5.22. The first kappa shape index (κ1) is 18.7. The largest absolute Gasteiger partial charge is 0.277 e. The molecule has 0 aliphatic rings.